The molecule has 0 unspecified atom stereocenters. The minimum absolute atomic E-state index is 0.404. The first-order valence-electron chi connectivity index (χ1n) is 4.61. The third kappa shape index (κ3) is 1.42. The van der Waals surface area contributed by atoms with Crippen molar-refractivity contribution in [2.75, 3.05) is 0 Å². The molecule has 0 aromatic carbocycles. The molecule has 3 aromatic rings. The molecule has 3 heterocycles. The Bertz CT molecular complexity index is 634. The molecule has 0 aliphatic rings. The molecule has 78 valence electrons. The Kier molecular flexibility index (Phi) is 2.04. The van der Waals surface area contributed by atoms with Crippen LogP contribution in [0.5, 0.6) is 0 Å². The summed E-state index contributed by atoms with van der Waals surface area (Å²) < 4.78 is 1.78. The van der Waals surface area contributed by atoms with Gasteiger partial charge in [0.05, 0.1) is 0 Å². The number of halogens is 1. The molecule has 0 aliphatic carbocycles. The summed E-state index contributed by atoms with van der Waals surface area (Å²) in [5, 5.41) is 8.52. The molecule has 3 aromatic heterocycles. The molecule has 16 heavy (non-hydrogen) atoms. The van der Waals surface area contributed by atoms with Crippen molar-refractivity contribution < 1.29 is 0 Å². The Morgan fingerprint density at radius 1 is 1.12 bits per heavy atom. The molecule has 0 aliphatic heterocycles. The van der Waals surface area contributed by atoms with Gasteiger partial charge in [-0.2, -0.15) is 0 Å². The van der Waals surface area contributed by atoms with E-state index in [4.69, 9.17) is 11.6 Å². The van der Waals surface area contributed by atoms with Crippen LogP contribution in [0, 0.1) is 0 Å². The van der Waals surface area contributed by atoms with Crippen LogP contribution in [0.4, 0.5) is 0 Å². The van der Waals surface area contributed by atoms with Gasteiger partial charge in [0, 0.05) is 24.0 Å². The van der Waals surface area contributed by atoms with Crippen LogP contribution in [0.25, 0.3) is 17.0 Å². The van der Waals surface area contributed by atoms with E-state index in [9.17, 15) is 0 Å². The second-order valence-corrected chi connectivity index (χ2v) is 3.59. The van der Waals surface area contributed by atoms with Crippen molar-refractivity contribution in [2.45, 2.75) is 0 Å². The summed E-state index contributed by atoms with van der Waals surface area (Å²) >= 11 is 5.77. The molecule has 0 atom stereocenters. The summed E-state index contributed by atoms with van der Waals surface area (Å²) in [5.74, 6) is 0.724. The molecule has 0 fully saturated rings. The van der Waals surface area contributed by atoms with Gasteiger partial charge in [-0.15, -0.1) is 10.2 Å². The lowest BCUT2D eigenvalue weighted by Crippen LogP contribution is -1.91. The highest BCUT2D eigenvalue weighted by Gasteiger charge is 2.07. The normalized spacial score (nSPS) is 10.8. The third-order valence-electron chi connectivity index (χ3n) is 2.21. The van der Waals surface area contributed by atoms with Crippen molar-refractivity contribution in [1.82, 2.24) is 24.6 Å². The van der Waals surface area contributed by atoms with Gasteiger partial charge in [0.25, 0.3) is 0 Å². The monoisotopic (exact) mass is 231 g/mol. The molecular weight excluding hydrogens is 226 g/mol. The average Bonchev–Trinajstić information content (AvgIpc) is 2.73. The van der Waals surface area contributed by atoms with Gasteiger partial charge < -0.3 is 0 Å². The van der Waals surface area contributed by atoms with Gasteiger partial charge in [0.2, 0.25) is 0 Å². The predicted octanol–water partition coefficient (Wildman–Crippen LogP) is 1.84. The maximum atomic E-state index is 5.77. The predicted molar refractivity (Wildman–Crippen MR) is 59.0 cm³/mol. The summed E-state index contributed by atoms with van der Waals surface area (Å²) in [6, 6.07) is 5.40. The maximum absolute atomic E-state index is 5.77. The van der Waals surface area contributed by atoms with Crippen LogP contribution in [-0.4, -0.2) is 24.6 Å². The van der Waals surface area contributed by atoms with E-state index in [1.54, 1.807) is 29.2 Å². The Labute approximate surface area is 95.8 Å². The minimum Gasteiger partial charge on any atom is -0.265 e. The van der Waals surface area contributed by atoms with Gasteiger partial charge in [0.1, 0.15) is 11.5 Å². The van der Waals surface area contributed by atoms with E-state index in [2.05, 4.69) is 20.2 Å². The first-order chi connectivity index (χ1) is 7.84. The van der Waals surface area contributed by atoms with E-state index in [-0.39, 0.29) is 0 Å². The second kappa shape index (κ2) is 3.53. The fraction of sp³-hybridized carbons (Fsp3) is 0. The molecule has 0 bridgehead atoms. The van der Waals surface area contributed by atoms with E-state index in [1.165, 1.54) is 0 Å². The summed E-state index contributed by atoms with van der Waals surface area (Å²) in [6.45, 7) is 0. The van der Waals surface area contributed by atoms with Crippen molar-refractivity contribution in [3.63, 3.8) is 0 Å². The molecule has 3 rings (SSSR count). The number of aromatic nitrogens is 5. The Morgan fingerprint density at radius 3 is 2.75 bits per heavy atom. The van der Waals surface area contributed by atoms with Crippen molar-refractivity contribution in [1.29, 1.82) is 0 Å². The molecular formula is C10H6ClN5. The maximum Gasteiger partial charge on any atom is 0.169 e. The Hall–Kier alpha value is -2.01. The molecule has 6 heteroatoms. The van der Waals surface area contributed by atoms with Crippen molar-refractivity contribution in [3.05, 3.63) is 42.1 Å². The summed E-state index contributed by atoms with van der Waals surface area (Å²) in [7, 11) is 0. The first-order valence-corrected chi connectivity index (χ1v) is 4.99. The average molecular weight is 232 g/mol. The van der Waals surface area contributed by atoms with Crippen LogP contribution < -0.4 is 0 Å². The quantitative estimate of drug-likeness (QED) is 0.600. The van der Waals surface area contributed by atoms with Gasteiger partial charge in [-0.05, 0) is 12.1 Å². The van der Waals surface area contributed by atoms with Crippen LogP contribution in [0.3, 0.4) is 0 Å². The lowest BCUT2D eigenvalue weighted by molar-refractivity contribution is 1.08. The molecule has 0 N–H and O–H groups in total. The lowest BCUT2D eigenvalue weighted by atomic mass is 10.2. The minimum atomic E-state index is 0.404. The van der Waals surface area contributed by atoms with E-state index >= 15 is 0 Å². The van der Waals surface area contributed by atoms with E-state index in [0.717, 1.165) is 11.4 Å². The summed E-state index contributed by atoms with van der Waals surface area (Å²) in [6.07, 6.45) is 5.02. The molecule has 5 nitrogen and oxygen atoms in total. The number of hydrogen-bond donors (Lipinski definition) is 0. The zero-order valence-electron chi connectivity index (χ0n) is 8.08. The highest BCUT2D eigenvalue weighted by molar-refractivity contribution is 6.29. The number of hydrogen-bond acceptors (Lipinski definition) is 4. The number of rotatable bonds is 1. The van der Waals surface area contributed by atoms with E-state index in [1.807, 2.05) is 12.1 Å². The lowest BCUT2D eigenvalue weighted by Gasteiger charge is -1.98. The van der Waals surface area contributed by atoms with Crippen molar-refractivity contribution in [2.24, 2.45) is 0 Å². The summed E-state index contributed by atoms with van der Waals surface area (Å²) in [4.78, 5) is 7.95. The molecule has 0 saturated heterocycles. The Balaban J connectivity index is 2.26. The third-order valence-corrected chi connectivity index (χ3v) is 2.41. The summed E-state index contributed by atoms with van der Waals surface area (Å²) in [5.41, 5.74) is 1.61. The van der Waals surface area contributed by atoms with Gasteiger partial charge in [-0.1, -0.05) is 11.6 Å². The fourth-order valence-electron chi connectivity index (χ4n) is 1.47. The van der Waals surface area contributed by atoms with Crippen LogP contribution in [0.15, 0.2) is 36.9 Å². The van der Waals surface area contributed by atoms with E-state index in [0.29, 0.717) is 10.8 Å². The molecule has 0 amide bonds. The van der Waals surface area contributed by atoms with Gasteiger partial charge in [0.15, 0.2) is 11.5 Å². The van der Waals surface area contributed by atoms with Crippen LogP contribution in [0.2, 0.25) is 5.15 Å². The topological polar surface area (TPSA) is 56.0 Å². The Morgan fingerprint density at radius 2 is 1.94 bits per heavy atom. The van der Waals surface area contributed by atoms with Crippen LogP contribution in [-0.2, 0) is 0 Å². The highest BCUT2D eigenvalue weighted by atomic mass is 35.5. The van der Waals surface area contributed by atoms with Crippen LogP contribution >= 0.6 is 11.6 Å². The van der Waals surface area contributed by atoms with E-state index < -0.39 is 0 Å². The van der Waals surface area contributed by atoms with Gasteiger partial charge in [-0.25, -0.2) is 4.98 Å². The molecule has 0 radical (unpaired) electrons. The SMILES string of the molecule is Clc1cc2nnc(-c3ccncc3)n2cn1. The van der Waals surface area contributed by atoms with Crippen molar-refractivity contribution in [3.8, 4) is 11.4 Å². The zero-order valence-corrected chi connectivity index (χ0v) is 8.83. The zero-order chi connectivity index (χ0) is 11.0. The largest absolute Gasteiger partial charge is 0.265 e. The van der Waals surface area contributed by atoms with Gasteiger partial charge >= 0.3 is 0 Å². The fourth-order valence-corrected chi connectivity index (χ4v) is 1.61. The highest BCUT2D eigenvalue weighted by Crippen LogP contribution is 2.17. The van der Waals surface area contributed by atoms with Crippen molar-refractivity contribution >= 4 is 17.2 Å². The molecule has 0 spiro atoms. The standard InChI is InChI=1S/C10H6ClN5/c11-8-5-9-14-15-10(16(9)6-13-8)7-1-3-12-4-2-7/h1-6H. The second-order valence-electron chi connectivity index (χ2n) is 3.20. The number of pyridine rings is 1. The van der Waals surface area contributed by atoms with Gasteiger partial charge in [-0.3, -0.25) is 9.38 Å². The number of nitrogens with zero attached hydrogens (tertiary/aromatic N) is 5. The smallest absolute Gasteiger partial charge is 0.169 e. The first kappa shape index (κ1) is 9.23. The number of fused-ring (bicyclic) bond motifs is 1. The van der Waals surface area contributed by atoms with Crippen LogP contribution in [0.1, 0.15) is 0 Å². The molecule has 0 saturated carbocycles.